The third-order valence-electron chi connectivity index (χ3n) is 13.9. The van der Waals surface area contributed by atoms with Crippen LogP contribution in [-0.2, 0) is 0 Å². The minimum absolute atomic E-state index is 0.145. The van der Waals surface area contributed by atoms with Gasteiger partial charge in [-0.15, -0.1) is 0 Å². The van der Waals surface area contributed by atoms with E-state index in [9.17, 15) is 0 Å². The third kappa shape index (κ3) is 6.42. The van der Waals surface area contributed by atoms with E-state index < -0.39 is 11.6 Å². The van der Waals surface area contributed by atoms with Gasteiger partial charge in [0.25, 0.3) is 0 Å². The standard InChI is InChI=1S/C63H38F2N6/c64-52-25-15-24-44(60(52)65)41-30-33-49(63-67-61(39-16-3-1-4-17-39)66-62(68-63)40-18-5-2-6-19-40)59(36-41)71-57-34-31-42(69-53-26-11-7-20-45(53)46-21-8-12-27-54(46)69)37-50(57)51-38-43(32-35-58(51)71)70-55-28-13-9-22-47(55)48-23-10-14-29-56(48)70/h1-38H. The Bertz CT molecular complexity index is 4100. The molecule has 334 valence electrons. The van der Waals surface area contributed by atoms with Crippen LogP contribution in [0.4, 0.5) is 8.78 Å². The highest BCUT2D eigenvalue weighted by atomic mass is 19.2. The fourth-order valence-electron chi connectivity index (χ4n) is 10.7. The molecule has 4 heterocycles. The van der Waals surface area contributed by atoms with Crippen molar-refractivity contribution >= 4 is 65.4 Å². The summed E-state index contributed by atoms with van der Waals surface area (Å²) in [4.78, 5) is 15.4. The second kappa shape index (κ2) is 16.0. The lowest BCUT2D eigenvalue weighted by atomic mass is 10.0. The SMILES string of the molecule is Fc1cccc(-c2ccc(-c3nc(-c4ccccc4)nc(-c4ccccc4)n3)c(-n3c4ccc(-n5c6ccccc6c6ccccc65)cc4c4cc(-n5c6ccccc6c6ccccc65)ccc43)c2)c1F. The molecule has 0 spiro atoms. The number of hydrogen-bond acceptors (Lipinski definition) is 3. The van der Waals surface area contributed by atoms with E-state index in [0.29, 0.717) is 34.3 Å². The van der Waals surface area contributed by atoms with Crippen molar-refractivity contribution in [1.29, 1.82) is 0 Å². The molecule has 0 aliphatic carbocycles. The van der Waals surface area contributed by atoms with E-state index in [0.717, 1.165) is 72.4 Å². The van der Waals surface area contributed by atoms with Crippen LogP contribution in [0.5, 0.6) is 0 Å². The molecule has 0 unspecified atom stereocenters. The minimum atomic E-state index is -0.919. The van der Waals surface area contributed by atoms with Gasteiger partial charge in [0.1, 0.15) is 0 Å². The van der Waals surface area contributed by atoms with Gasteiger partial charge >= 0.3 is 0 Å². The highest BCUT2D eigenvalue weighted by molar-refractivity contribution is 6.14. The minimum Gasteiger partial charge on any atom is -0.309 e. The Kier molecular flexibility index (Phi) is 9.16. The number of hydrogen-bond donors (Lipinski definition) is 0. The summed E-state index contributed by atoms with van der Waals surface area (Å²) >= 11 is 0. The Hall–Kier alpha value is -9.53. The second-order valence-corrected chi connectivity index (χ2v) is 17.8. The lowest BCUT2D eigenvalue weighted by Gasteiger charge is -2.17. The van der Waals surface area contributed by atoms with Crippen LogP contribution in [0.2, 0.25) is 0 Å². The largest absolute Gasteiger partial charge is 0.309 e. The first-order valence-corrected chi connectivity index (χ1v) is 23.6. The molecule has 0 N–H and O–H groups in total. The summed E-state index contributed by atoms with van der Waals surface area (Å²) < 4.78 is 38.0. The lowest BCUT2D eigenvalue weighted by Crippen LogP contribution is -2.04. The molecule has 8 heteroatoms. The molecule has 0 aliphatic heterocycles. The van der Waals surface area contributed by atoms with Crippen LogP contribution in [0, 0.1) is 11.6 Å². The fraction of sp³-hybridized carbons (Fsp3) is 0. The first-order chi connectivity index (χ1) is 35.1. The molecule has 0 bridgehead atoms. The van der Waals surface area contributed by atoms with Gasteiger partial charge in [-0.3, -0.25) is 0 Å². The van der Waals surface area contributed by atoms with Crippen LogP contribution in [0.3, 0.4) is 0 Å². The van der Waals surface area contributed by atoms with Crippen molar-refractivity contribution in [3.8, 4) is 62.4 Å². The normalized spacial score (nSPS) is 11.8. The van der Waals surface area contributed by atoms with E-state index in [1.165, 1.54) is 21.5 Å². The van der Waals surface area contributed by atoms with Gasteiger partial charge in [-0.1, -0.05) is 152 Å². The average Bonchev–Trinajstić information content (AvgIpc) is 4.07. The van der Waals surface area contributed by atoms with Gasteiger partial charge in [0.05, 0.1) is 38.8 Å². The number of fused-ring (bicyclic) bond motifs is 9. The summed E-state index contributed by atoms with van der Waals surface area (Å²) in [6.07, 6.45) is 0. The molecule has 0 radical (unpaired) electrons. The van der Waals surface area contributed by atoms with Crippen molar-refractivity contribution < 1.29 is 8.78 Å². The van der Waals surface area contributed by atoms with Gasteiger partial charge in [0, 0.05) is 65.9 Å². The number of benzene rings is 10. The van der Waals surface area contributed by atoms with Gasteiger partial charge < -0.3 is 13.7 Å². The molecule has 14 rings (SSSR count). The summed E-state index contributed by atoms with van der Waals surface area (Å²) in [5.41, 5.74) is 11.9. The van der Waals surface area contributed by atoms with Crippen molar-refractivity contribution in [1.82, 2.24) is 28.7 Å². The van der Waals surface area contributed by atoms with Crippen LogP contribution < -0.4 is 0 Å². The molecule has 14 aromatic rings. The zero-order chi connectivity index (χ0) is 47.2. The molecule has 0 amide bonds. The molecule has 0 aliphatic rings. The van der Waals surface area contributed by atoms with E-state index in [2.05, 4.69) is 147 Å². The van der Waals surface area contributed by atoms with E-state index >= 15 is 8.78 Å². The maximum atomic E-state index is 16.0. The maximum absolute atomic E-state index is 16.0. The van der Waals surface area contributed by atoms with Crippen LogP contribution in [0.25, 0.3) is 128 Å². The molecule has 0 saturated carbocycles. The summed E-state index contributed by atoms with van der Waals surface area (Å²) in [7, 11) is 0. The first kappa shape index (κ1) is 40.5. The number of rotatable bonds is 7. The Balaban J connectivity index is 1.09. The highest BCUT2D eigenvalue weighted by Gasteiger charge is 2.24. The Morgan fingerprint density at radius 3 is 1.18 bits per heavy atom. The lowest BCUT2D eigenvalue weighted by molar-refractivity contribution is 0.511. The topological polar surface area (TPSA) is 53.5 Å². The second-order valence-electron chi connectivity index (χ2n) is 17.8. The maximum Gasteiger partial charge on any atom is 0.166 e. The van der Waals surface area contributed by atoms with E-state index in [4.69, 9.17) is 15.0 Å². The quantitative estimate of drug-likeness (QED) is 0.160. The molecular formula is C63H38F2N6. The molecule has 71 heavy (non-hydrogen) atoms. The summed E-state index contributed by atoms with van der Waals surface area (Å²) in [6.45, 7) is 0. The van der Waals surface area contributed by atoms with Crippen molar-refractivity contribution in [3.63, 3.8) is 0 Å². The van der Waals surface area contributed by atoms with Crippen LogP contribution >= 0.6 is 0 Å². The Morgan fingerprint density at radius 2 is 0.704 bits per heavy atom. The monoisotopic (exact) mass is 916 g/mol. The number of aromatic nitrogens is 6. The van der Waals surface area contributed by atoms with Crippen LogP contribution in [0.1, 0.15) is 0 Å². The summed E-state index contributed by atoms with van der Waals surface area (Å²) in [5.74, 6) is -0.391. The van der Waals surface area contributed by atoms with Crippen LogP contribution in [0.15, 0.2) is 231 Å². The molecule has 4 aromatic heterocycles. The molecule has 6 nitrogen and oxygen atoms in total. The van der Waals surface area contributed by atoms with Crippen molar-refractivity contribution in [3.05, 3.63) is 242 Å². The van der Waals surface area contributed by atoms with Crippen LogP contribution in [-0.4, -0.2) is 28.7 Å². The van der Waals surface area contributed by atoms with Gasteiger partial charge in [-0.25, -0.2) is 23.7 Å². The van der Waals surface area contributed by atoms with E-state index in [-0.39, 0.29) is 5.56 Å². The molecule has 0 saturated heterocycles. The van der Waals surface area contributed by atoms with Crippen molar-refractivity contribution in [2.45, 2.75) is 0 Å². The molecule has 0 atom stereocenters. The number of para-hydroxylation sites is 4. The number of nitrogens with zero attached hydrogens (tertiary/aromatic N) is 6. The smallest absolute Gasteiger partial charge is 0.166 e. The summed E-state index contributed by atoms with van der Waals surface area (Å²) in [6, 6.07) is 77.1. The highest BCUT2D eigenvalue weighted by Crippen LogP contribution is 2.42. The zero-order valence-corrected chi connectivity index (χ0v) is 37.9. The average molecular weight is 917 g/mol. The Labute approximate surface area is 405 Å². The fourth-order valence-corrected chi connectivity index (χ4v) is 10.7. The van der Waals surface area contributed by atoms with Gasteiger partial charge in [0.15, 0.2) is 29.1 Å². The predicted octanol–water partition coefficient (Wildman–Crippen LogP) is 16.1. The van der Waals surface area contributed by atoms with E-state index in [1.807, 2.05) is 78.9 Å². The van der Waals surface area contributed by atoms with Gasteiger partial charge in [-0.2, -0.15) is 0 Å². The Morgan fingerprint density at radius 1 is 0.282 bits per heavy atom. The molecule has 10 aromatic carbocycles. The first-order valence-electron chi connectivity index (χ1n) is 23.6. The van der Waals surface area contributed by atoms with Gasteiger partial charge in [0.2, 0.25) is 0 Å². The van der Waals surface area contributed by atoms with Gasteiger partial charge in [-0.05, 0) is 84.4 Å². The molecule has 0 fully saturated rings. The van der Waals surface area contributed by atoms with Crippen molar-refractivity contribution in [2.24, 2.45) is 0 Å². The predicted molar refractivity (Wildman–Crippen MR) is 285 cm³/mol. The summed E-state index contributed by atoms with van der Waals surface area (Å²) in [5, 5.41) is 6.70. The van der Waals surface area contributed by atoms with E-state index in [1.54, 1.807) is 12.1 Å². The number of halogens is 2. The third-order valence-corrected chi connectivity index (χ3v) is 13.9. The zero-order valence-electron chi connectivity index (χ0n) is 37.9. The van der Waals surface area contributed by atoms with Crippen molar-refractivity contribution in [2.75, 3.05) is 0 Å². The molecular weight excluding hydrogens is 879 g/mol.